The molecule has 2 rings (SSSR count). The first kappa shape index (κ1) is 13.3. The van der Waals surface area contributed by atoms with E-state index in [1.165, 1.54) is 42.5 Å². The molecule has 0 atom stereocenters. The second kappa shape index (κ2) is 5.67. The van der Waals surface area contributed by atoms with Crippen LogP contribution in [-0.2, 0) is 0 Å². The molecule has 2 N–H and O–H groups in total. The molecule has 0 saturated heterocycles. The summed E-state index contributed by atoms with van der Waals surface area (Å²) in [6.07, 6.45) is 0.622. The van der Waals surface area contributed by atoms with Crippen LogP contribution in [0.15, 0.2) is 42.5 Å². The van der Waals surface area contributed by atoms with E-state index in [0.717, 1.165) is 0 Å². The molecule has 0 heterocycles. The molecule has 5 nitrogen and oxygen atoms in total. The molecule has 98 valence electrons. The monoisotopic (exact) mass is 266 g/mol. The number of hydrogen-bond donors (Lipinski definition) is 2. The summed E-state index contributed by atoms with van der Waals surface area (Å²) in [4.78, 5) is 22.6. The van der Waals surface area contributed by atoms with Crippen LogP contribution in [0.4, 0.5) is 5.69 Å². The van der Waals surface area contributed by atoms with Crippen LogP contribution in [0.25, 0.3) is 0 Å². The van der Waals surface area contributed by atoms with E-state index < -0.39 is 5.91 Å². The zero-order valence-corrected chi connectivity index (χ0v) is 10.3. The first-order valence-corrected chi connectivity index (χ1v) is 5.74. The van der Waals surface area contributed by atoms with Crippen molar-refractivity contribution in [2.24, 2.45) is 0 Å². The molecule has 0 bridgehead atoms. The predicted molar refractivity (Wildman–Crippen MR) is 72.6 cm³/mol. The molecule has 2 aromatic carbocycles. The van der Waals surface area contributed by atoms with Gasteiger partial charge in [0.2, 0.25) is 0 Å². The minimum absolute atomic E-state index is 0.127. The third-order valence-electron chi connectivity index (χ3n) is 2.68. The fraction of sp³-hybridized carbons (Fsp3) is 0. The Labute approximate surface area is 115 Å². The lowest BCUT2D eigenvalue weighted by molar-refractivity contribution is 0.102. The number of nitrogens with zero attached hydrogens (tertiary/aromatic N) is 1. The smallest absolute Gasteiger partial charge is 0.255 e. The summed E-state index contributed by atoms with van der Waals surface area (Å²) in [5, 5.41) is 20.8. The fourth-order valence-electron chi connectivity index (χ4n) is 1.62. The highest BCUT2D eigenvalue weighted by Gasteiger charge is 2.09. The quantitative estimate of drug-likeness (QED) is 0.659. The minimum atomic E-state index is -0.437. The number of phenolic OH excluding ortho intramolecular Hbond substituents is 1. The zero-order chi connectivity index (χ0) is 14.5. The Morgan fingerprint density at radius 3 is 2.50 bits per heavy atom. The van der Waals surface area contributed by atoms with Gasteiger partial charge >= 0.3 is 0 Å². The Bertz CT molecular complexity index is 700. The fourth-order valence-corrected chi connectivity index (χ4v) is 1.62. The van der Waals surface area contributed by atoms with Gasteiger partial charge in [0.25, 0.3) is 5.91 Å². The van der Waals surface area contributed by atoms with Crippen molar-refractivity contribution in [3.63, 3.8) is 0 Å². The Morgan fingerprint density at radius 2 is 1.90 bits per heavy atom. The number of phenols is 1. The molecular formula is C15H10N2O3. The van der Waals surface area contributed by atoms with Crippen LogP contribution in [-0.4, -0.2) is 17.3 Å². The van der Waals surface area contributed by atoms with Gasteiger partial charge in [0.1, 0.15) is 12.0 Å². The lowest BCUT2D eigenvalue weighted by Crippen LogP contribution is -2.12. The SMILES string of the molecule is N#Cc1ccc(C(=O)Nc2cc(C=O)ccc2O)cc1. The number of carbonyl (C=O) groups is 2. The summed E-state index contributed by atoms with van der Waals surface area (Å²) in [5.74, 6) is -0.564. The van der Waals surface area contributed by atoms with Gasteiger partial charge in [-0.1, -0.05) is 0 Å². The predicted octanol–water partition coefficient (Wildman–Crippen LogP) is 2.33. The summed E-state index contributed by atoms with van der Waals surface area (Å²) in [6.45, 7) is 0. The van der Waals surface area contributed by atoms with Crippen molar-refractivity contribution in [3.05, 3.63) is 59.2 Å². The van der Waals surface area contributed by atoms with Gasteiger partial charge in [0.05, 0.1) is 17.3 Å². The normalized spacial score (nSPS) is 9.55. The number of nitriles is 1. The molecule has 0 spiro atoms. The van der Waals surface area contributed by atoms with Crippen LogP contribution in [0.5, 0.6) is 5.75 Å². The highest BCUT2D eigenvalue weighted by atomic mass is 16.3. The van der Waals surface area contributed by atoms with Crippen molar-refractivity contribution in [3.8, 4) is 11.8 Å². The Morgan fingerprint density at radius 1 is 1.20 bits per heavy atom. The number of aldehydes is 1. The molecule has 5 heteroatoms. The van der Waals surface area contributed by atoms with E-state index in [2.05, 4.69) is 5.32 Å². The van der Waals surface area contributed by atoms with Crippen molar-refractivity contribution >= 4 is 17.9 Å². The van der Waals surface area contributed by atoms with E-state index in [1.807, 2.05) is 6.07 Å². The zero-order valence-electron chi connectivity index (χ0n) is 10.3. The Kier molecular flexibility index (Phi) is 3.77. The first-order chi connectivity index (χ1) is 9.63. The molecule has 0 aromatic heterocycles. The number of rotatable bonds is 3. The number of nitrogens with one attached hydrogen (secondary N) is 1. The molecule has 0 aliphatic carbocycles. The van der Waals surface area contributed by atoms with Crippen molar-refractivity contribution in [1.82, 2.24) is 0 Å². The van der Waals surface area contributed by atoms with Crippen molar-refractivity contribution < 1.29 is 14.7 Å². The molecule has 20 heavy (non-hydrogen) atoms. The Balaban J connectivity index is 2.22. The molecular weight excluding hydrogens is 256 g/mol. The van der Waals surface area contributed by atoms with Gasteiger partial charge < -0.3 is 10.4 Å². The molecule has 0 saturated carbocycles. The van der Waals surface area contributed by atoms with Crippen molar-refractivity contribution in [2.45, 2.75) is 0 Å². The number of aromatic hydroxyl groups is 1. The minimum Gasteiger partial charge on any atom is -0.506 e. The molecule has 0 aliphatic rings. The number of hydrogen-bond acceptors (Lipinski definition) is 4. The van der Waals surface area contributed by atoms with E-state index in [1.54, 1.807) is 0 Å². The van der Waals surface area contributed by atoms with E-state index in [-0.39, 0.29) is 11.4 Å². The first-order valence-electron chi connectivity index (χ1n) is 5.74. The highest BCUT2D eigenvalue weighted by molar-refractivity contribution is 6.05. The number of benzene rings is 2. The van der Waals surface area contributed by atoms with Crippen LogP contribution in [0.2, 0.25) is 0 Å². The summed E-state index contributed by atoms with van der Waals surface area (Å²) in [7, 11) is 0. The topological polar surface area (TPSA) is 90.2 Å². The third-order valence-corrected chi connectivity index (χ3v) is 2.68. The Hall–Kier alpha value is -3.13. The summed E-state index contributed by atoms with van der Waals surface area (Å²) in [5.41, 5.74) is 1.30. The number of amides is 1. The lowest BCUT2D eigenvalue weighted by atomic mass is 10.1. The molecule has 0 fully saturated rings. The van der Waals surface area contributed by atoms with Gasteiger partial charge in [0.15, 0.2) is 0 Å². The number of anilines is 1. The lowest BCUT2D eigenvalue weighted by Gasteiger charge is -2.08. The van der Waals surface area contributed by atoms with Crippen LogP contribution in [0.1, 0.15) is 26.3 Å². The maximum absolute atomic E-state index is 12.0. The average molecular weight is 266 g/mol. The average Bonchev–Trinajstić information content (AvgIpc) is 2.49. The molecule has 0 unspecified atom stereocenters. The van der Waals surface area contributed by atoms with E-state index >= 15 is 0 Å². The van der Waals surface area contributed by atoms with Crippen LogP contribution in [0, 0.1) is 11.3 Å². The van der Waals surface area contributed by atoms with Crippen molar-refractivity contribution in [2.75, 3.05) is 5.32 Å². The third kappa shape index (κ3) is 2.82. The van der Waals surface area contributed by atoms with Gasteiger partial charge in [0, 0.05) is 11.1 Å². The molecule has 1 amide bonds. The summed E-state index contributed by atoms with van der Waals surface area (Å²) in [6, 6.07) is 12.2. The maximum Gasteiger partial charge on any atom is 0.255 e. The molecule has 2 aromatic rings. The molecule has 0 aliphatic heterocycles. The number of carbonyl (C=O) groups excluding carboxylic acids is 2. The van der Waals surface area contributed by atoms with Crippen molar-refractivity contribution in [1.29, 1.82) is 5.26 Å². The highest BCUT2D eigenvalue weighted by Crippen LogP contribution is 2.24. The van der Waals surface area contributed by atoms with Crippen LogP contribution < -0.4 is 5.32 Å². The maximum atomic E-state index is 12.0. The van der Waals surface area contributed by atoms with Gasteiger partial charge in [-0.3, -0.25) is 9.59 Å². The second-order valence-electron chi connectivity index (χ2n) is 4.04. The van der Waals surface area contributed by atoms with Gasteiger partial charge in [-0.15, -0.1) is 0 Å². The van der Waals surface area contributed by atoms with Crippen LogP contribution >= 0.6 is 0 Å². The summed E-state index contributed by atoms with van der Waals surface area (Å²) >= 11 is 0. The van der Waals surface area contributed by atoms with E-state index in [0.29, 0.717) is 23.0 Å². The largest absolute Gasteiger partial charge is 0.506 e. The van der Waals surface area contributed by atoms with Gasteiger partial charge in [-0.05, 0) is 42.5 Å². The second-order valence-corrected chi connectivity index (χ2v) is 4.04. The standard InChI is InChI=1S/C15H10N2O3/c16-8-10-1-4-12(5-2-10)15(20)17-13-7-11(9-18)3-6-14(13)19/h1-7,9,19H,(H,17,20). The van der Waals surface area contributed by atoms with Gasteiger partial charge in [-0.25, -0.2) is 0 Å². The van der Waals surface area contributed by atoms with Gasteiger partial charge in [-0.2, -0.15) is 5.26 Å². The summed E-state index contributed by atoms with van der Waals surface area (Å²) < 4.78 is 0. The van der Waals surface area contributed by atoms with E-state index in [9.17, 15) is 14.7 Å². The molecule has 0 radical (unpaired) electrons. The van der Waals surface area contributed by atoms with Crippen LogP contribution in [0.3, 0.4) is 0 Å². The van der Waals surface area contributed by atoms with E-state index in [4.69, 9.17) is 5.26 Å².